The highest BCUT2D eigenvalue weighted by atomic mass is 19.4. The fraction of sp³-hybridized carbons (Fsp3) is 0.889. The Bertz CT molecular complexity index is 230. The Balaban J connectivity index is 2.52. The molecule has 0 aromatic carbocycles. The summed E-state index contributed by atoms with van der Waals surface area (Å²) in [6.45, 7) is 0. The van der Waals surface area contributed by atoms with Crippen LogP contribution in [0.3, 0.4) is 0 Å². The van der Waals surface area contributed by atoms with Crippen LogP contribution in [0.1, 0.15) is 32.1 Å². The monoisotopic (exact) mass is 224 g/mol. The molecule has 3 nitrogen and oxygen atoms in total. The van der Waals surface area contributed by atoms with Crippen molar-refractivity contribution in [3.8, 4) is 0 Å². The molecule has 0 aromatic heterocycles. The van der Waals surface area contributed by atoms with Crippen molar-refractivity contribution in [3.05, 3.63) is 0 Å². The summed E-state index contributed by atoms with van der Waals surface area (Å²) < 4.78 is 35.9. The van der Waals surface area contributed by atoms with E-state index in [1.807, 2.05) is 5.32 Å². The summed E-state index contributed by atoms with van der Waals surface area (Å²) in [6.07, 6.45) is -0.917. The molecule has 15 heavy (non-hydrogen) atoms. The second-order valence-electron chi connectivity index (χ2n) is 3.88. The van der Waals surface area contributed by atoms with Gasteiger partial charge in [-0.15, -0.1) is 0 Å². The van der Waals surface area contributed by atoms with E-state index in [4.69, 9.17) is 5.73 Å². The van der Waals surface area contributed by atoms with Crippen molar-refractivity contribution in [2.75, 3.05) is 0 Å². The van der Waals surface area contributed by atoms with Gasteiger partial charge in [-0.1, -0.05) is 19.3 Å². The summed E-state index contributed by atoms with van der Waals surface area (Å²) in [5.74, 6) is -1.88. The molecule has 1 saturated carbocycles. The smallest absolute Gasteiger partial charge is 0.344 e. The van der Waals surface area contributed by atoms with Gasteiger partial charge < -0.3 is 11.1 Å². The van der Waals surface area contributed by atoms with Crippen molar-refractivity contribution in [2.45, 2.75) is 50.4 Å². The van der Waals surface area contributed by atoms with Crippen LogP contribution in [0.2, 0.25) is 0 Å². The largest absolute Gasteiger partial charge is 0.471 e. The number of rotatable bonds is 1. The fourth-order valence-corrected chi connectivity index (χ4v) is 1.77. The zero-order chi connectivity index (χ0) is 11.5. The molecule has 0 aromatic rings. The summed E-state index contributed by atoms with van der Waals surface area (Å²) in [5, 5.41) is 1.96. The number of hydrogen-bond acceptors (Lipinski definition) is 2. The van der Waals surface area contributed by atoms with E-state index in [1.165, 1.54) is 0 Å². The van der Waals surface area contributed by atoms with Gasteiger partial charge in [0.15, 0.2) is 0 Å². The van der Waals surface area contributed by atoms with Crippen LogP contribution in [-0.2, 0) is 4.79 Å². The highest BCUT2D eigenvalue weighted by molar-refractivity contribution is 5.82. The van der Waals surface area contributed by atoms with Gasteiger partial charge in [0.1, 0.15) is 0 Å². The molecule has 88 valence electrons. The predicted octanol–water partition coefficient (Wildman–Crippen LogP) is 1.32. The average Bonchev–Trinajstić information content (AvgIpc) is 2.30. The van der Waals surface area contributed by atoms with Gasteiger partial charge in [-0.05, 0) is 12.8 Å². The Hall–Kier alpha value is -0.780. The number of amides is 1. The molecule has 3 N–H and O–H groups in total. The maximum absolute atomic E-state index is 12.0. The number of carbonyl (C=O) groups is 1. The molecular formula is C9H15F3N2O. The van der Waals surface area contributed by atoms with Crippen molar-refractivity contribution in [2.24, 2.45) is 5.73 Å². The zero-order valence-corrected chi connectivity index (χ0v) is 8.31. The van der Waals surface area contributed by atoms with Crippen LogP contribution in [0.15, 0.2) is 0 Å². The van der Waals surface area contributed by atoms with Gasteiger partial charge in [0.25, 0.3) is 0 Å². The van der Waals surface area contributed by atoms with Gasteiger partial charge in [0.2, 0.25) is 0 Å². The van der Waals surface area contributed by atoms with Gasteiger partial charge in [-0.2, -0.15) is 13.2 Å². The van der Waals surface area contributed by atoms with Gasteiger partial charge in [-0.3, -0.25) is 4.79 Å². The lowest BCUT2D eigenvalue weighted by molar-refractivity contribution is -0.174. The summed E-state index contributed by atoms with van der Waals surface area (Å²) in [5.41, 5.74) is 5.69. The van der Waals surface area contributed by atoms with Gasteiger partial charge in [0, 0.05) is 12.1 Å². The minimum atomic E-state index is -4.81. The van der Waals surface area contributed by atoms with Crippen LogP contribution in [0.25, 0.3) is 0 Å². The molecule has 6 heteroatoms. The van der Waals surface area contributed by atoms with E-state index in [0.29, 0.717) is 12.8 Å². The van der Waals surface area contributed by atoms with E-state index in [2.05, 4.69) is 0 Å². The molecule has 2 unspecified atom stereocenters. The van der Waals surface area contributed by atoms with Gasteiger partial charge >= 0.3 is 12.1 Å². The molecule has 0 spiro atoms. The Morgan fingerprint density at radius 1 is 1.20 bits per heavy atom. The van der Waals surface area contributed by atoms with Crippen LogP contribution in [0.5, 0.6) is 0 Å². The fourth-order valence-electron chi connectivity index (χ4n) is 1.77. The standard InChI is InChI=1S/C9H15F3N2O/c10-9(11,12)8(15)14-7-5-3-1-2-4-6(7)13/h6-7H,1-5,13H2,(H,14,15). The van der Waals surface area contributed by atoms with E-state index in [1.54, 1.807) is 0 Å². The first-order valence-corrected chi connectivity index (χ1v) is 5.04. The summed E-state index contributed by atoms with van der Waals surface area (Å²) in [6, 6.07) is -0.902. The average molecular weight is 224 g/mol. The molecule has 1 fully saturated rings. The maximum atomic E-state index is 12.0. The SMILES string of the molecule is NC1CCCCCC1NC(=O)C(F)(F)F. The van der Waals surface area contributed by atoms with E-state index < -0.39 is 18.1 Å². The predicted molar refractivity (Wildman–Crippen MR) is 49.0 cm³/mol. The van der Waals surface area contributed by atoms with Crippen molar-refractivity contribution in [1.82, 2.24) is 5.32 Å². The molecule has 0 aliphatic heterocycles. The highest BCUT2D eigenvalue weighted by Crippen LogP contribution is 2.19. The zero-order valence-electron chi connectivity index (χ0n) is 8.31. The molecule has 0 saturated heterocycles. The van der Waals surface area contributed by atoms with Gasteiger partial charge in [0.05, 0.1) is 0 Å². The molecule has 1 aliphatic rings. The van der Waals surface area contributed by atoms with Crippen molar-refractivity contribution < 1.29 is 18.0 Å². The molecule has 0 heterocycles. The first-order chi connectivity index (χ1) is 6.91. The third-order valence-corrected chi connectivity index (χ3v) is 2.64. The lowest BCUT2D eigenvalue weighted by atomic mass is 10.0. The van der Waals surface area contributed by atoms with E-state index >= 15 is 0 Å². The third-order valence-electron chi connectivity index (χ3n) is 2.64. The minimum absolute atomic E-state index is 0.362. The van der Waals surface area contributed by atoms with Crippen LogP contribution in [-0.4, -0.2) is 24.2 Å². The molecular weight excluding hydrogens is 209 g/mol. The lowest BCUT2D eigenvalue weighted by Crippen LogP contribution is -2.50. The first-order valence-electron chi connectivity index (χ1n) is 5.04. The normalized spacial score (nSPS) is 28.3. The summed E-state index contributed by atoms with van der Waals surface area (Å²) >= 11 is 0. The second kappa shape index (κ2) is 4.83. The number of carbonyl (C=O) groups excluding carboxylic acids is 1. The number of hydrogen-bond donors (Lipinski definition) is 2. The van der Waals surface area contributed by atoms with Crippen molar-refractivity contribution >= 4 is 5.91 Å². The molecule has 1 aliphatic carbocycles. The Kier molecular flexibility index (Phi) is 3.96. The molecule has 0 bridgehead atoms. The number of nitrogens with one attached hydrogen (secondary N) is 1. The van der Waals surface area contributed by atoms with E-state index in [-0.39, 0.29) is 6.04 Å². The van der Waals surface area contributed by atoms with E-state index in [9.17, 15) is 18.0 Å². The topological polar surface area (TPSA) is 55.1 Å². The van der Waals surface area contributed by atoms with Crippen LogP contribution < -0.4 is 11.1 Å². The maximum Gasteiger partial charge on any atom is 0.471 e. The molecule has 1 rings (SSSR count). The number of alkyl halides is 3. The number of halogens is 3. The minimum Gasteiger partial charge on any atom is -0.344 e. The van der Waals surface area contributed by atoms with Crippen LogP contribution >= 0.6 is 0 Å². The summed E-state index contributed by atoms with van der Waals surface area (Å²) in [7, 11) is 0. The molecule has 2 atom stereocenters. The Morgan fingerprint density at radius 3 is 2.40 bits per heavy atom. The van der Waals surface area contributed by atoms with Crippen molar-refractivity contribution in [3.63, 3.8) is 0 Å². The highest BCUT2D eigenvalue weighted by Gasteiger charge is 2.40. The second-order valence-corrected chi connectivity index (χ2v) is 3.88. The quantitative estimate of drug-likeness (QED) is 0.660. The first kappa shape index (κ1) is 12.3. The lowest BCUT2D eigenvalue weighted by Gasteiger charge is -2.23. The van der Waals surface area contributed by atoms with Crippen LogP contribution in [0, 0.1) is 0 Å². The summed E-state index contributed by atoms with van der Waals surface area (Å²) in [4.78, 5) is 10.7. The molecule has 0 radical (unpaired) electrons. The van der Waals surface area contributed by atoms with Gasteiger partial charge in [-0.25, -0.2) is 0 Å². The van der Waals surface area contributed by atoms with E-state index in [0.717, 1.165) is 19.3 Å². The van der Waals surface area contributed by atoms with Crippen LogP contribution in [0.4, 0.5) is 13.2 Å². The Morgan fingerprint density at radius 2 is 1.80 bits per heavy atom. The third kappa shape index (κ3) is 3.70. The Labute approximate surface area is 86.2 Å². The molecule has 1 amide bonds. The number of nitrogens with two attached hydrogens (primary N) is 1. The van der Waals surface area contributed by atoms with Crippen molar-refractivity contribution in [1.29, 1.82) is 0 Å².